The lowest BCUT2D eigenvalue weighted by Gasteiger charge is -2.34. The summed E-state index contributed by atoms with van der Waals surface area (Å²) in [5, 5.41) is 13.2. The maximum atomic E-state index is 12.8. The number of aliphatic hydroxyl groups is 1. The zero-order chi connectivity index (χ0) is 20.2. The Morgan fingerprint density at radius 2 is 1.86 bits per heavy atom. The van der Waals surface area contributed by atoms with Gasteiger partial charge in [-0.15, -0.1) is 0 Å². The van der Waals surface area contributed by atoms with Crippen LogP contribution in [0.4, 0.5) is 4.79 Å². The quantitative estimate of drug-likeness (QED) is 0.640. The first-order valence-corrected chi connectivity index (χ1v) is 10.4. The number of nitrogens with zero attached hydrogens (tertiary/aromatic N) is 2. The van der Waals surface area contributed by atoms with Crippen LogP contribution >= 0.6 is 0 Å². The Balaban J connectivity index is 1.33. The summed E-state index contributed by atoms with van der Waals surface area (Å²) in [6.45, 7) is 6.95. The molecule has 0 aromatic heterocycles. The number of piperidine rings is 1. The molecular formula is C20H31N3O5. The fourth-order valence-electron chi connectivity index (χ4n) is 5.61. The lowest BCUT2D eigenvalue weighted by molar-refractivity contribution is -0.148. The molecule has 8 heteroatoms. The maximum Gasteiger partial charge on any atom is 0.410 e. The Kier molecular flexibility index (Phi) is 4.80. The number of ether oxygens (including phenoxy) is 1. The third kappa shape index (κ3) is 3.47. The molecule has 2 saturated carbocycles. The van der Waals surface area contributed by atoms with E-state index in [2.05, 4.69) is 5.32 Å². The number of carbonyl (C=O) groups excluding carboxylic acids is 3. The van der Waals surface area contributed by atoms with Crippen molar-refractivity contribution in [2.75, 3.05) is 19.6 Å². The van der Waals surface area contributed by atoms with Crippen LogP contribution in [0.25, 0.3) is 0 Å². The summed E-state index contributed by atoms with van der Waals surface area (Å²) >= 11 is 0. The number of hydrogen-bond donors (Lipinski definition) is 2. The summed E-state index contributed by atoms with van der Waals surface area (Å²) < 4.78 is 5.41. The molecule has 2 saturated heterocycles. The standard InChI is InChI=1S/C20H31N3O5/c1-20(2,3)28-19(27)22-6-4-5-13(10-22)21-17(25)18(26)23-9-12-7-11-8-14(12)15(23)16(11)24/h11-16,24H,4-10H2,1-3H3,(H,21,25)/t11?,12?,13-,14?,15?,16?/m1/s1. The molecule has 8 nitrogen and oxygen atoms in total. The molecule has 28 heavy (non-hydrogen) atoms. The first kappa shape index (κ1) is 19.5. The number of nitrogens with one attached hydrogen (secondary N) is 1. The van der Waals surface area contributed by atoms with E-state index < -0.39 is 29.6 Å². The second-order valence-electron chi connectivity index (χ2n) is 9.83. The van der Waals surface area contributed by atoms with E-state index in [0.717, 1.165) is 25.7 Å². The van der Waals surface area contributed by atoms with Crippen LogP contribution in [0.15, 0.2) is 0 Å². The number of carbonyl (C=O) groups is 3. The Morgan fingerprint density at radius 3 is 2.54 bits per heavy atom. The van der Waals surface area contributed by atoms with Crippen molar-refractivity contribution in [2.24, 2.45) is 17.8 Å². The minimum Gasteiger partial charge on any atom is -0.444 e. The minimum atomic E-state index is -0.631. The summed E-state index contributed by atoms with van der Waals surface area (Å²) in [5.74, 6) is -0.135. The summed E-state index contributed by atoms with van der Waals surface area (Å²) in [4.78, 5) is 40.8. The van der Waals surface area contributed by atoms with Crippen LogP contribution in [0.1, 0.15) is 46.5 Å². The highest BCUT2D eigenvalue weighted by atomic mass is 16.6. The Hall–Kier alpha value is -1.83. The van der Waals surface area contributed by atoms with Crippen molar-refractivity contribution >= 4 is 17.9 Å². The van der Waals surface area contributed by atoms with Crippen molar-refractivity contribution in [3.63, 3.8) is 0 Å². The minimum absolute atomic E-state index is 0.202. The average molecular weight is 393 g/mol. The molecule has 2 N–H and O–H groups in total. The molecule has 2 heterocycles. The molecule has 0 radical (unpaired) electrons. The first-order valence-electron chi connectivity index (χ1n) is 10.4. The Morgan fingerprint density at radius 1 is 1.11 bits per heavy atom. The predicted molar refractivity (Wildman–Crippen MR) is 100 cm³/mol. The van der Waals surface area contributed by atoms with E-state index in [1.165, 1.54) is 0 Å². The highest BCUT2D eigenvalue weighted by Crippen LogP contribution is 2.54. The zero-order valence-electron chi connectivity index (χ0n) is 16.9. The fraction of sp³-hybridized carbons (Fsp3) is 0.850. The maximum absolute atomic E-state index is 12.8. The number of hydrogen-bond acceptors (Lipinski definition) is 5. The van der Waals surface area contributed by atoms with Gasteiger partial charge in [0.15, 0.2) is 0 Å². The largest absolute Gasteiger partial charge is 0.444 e. The van der Waals surface area contributed by atoms with Gasteiger partial charge in [-0.05, 0) is 64.2 Å². The first-order chi connectivity index (χ1) is 13.1. The molecule has 2 bridgehead atoms. The monoisotopic (exact) mass is 393 g/mol. The SMILES string of the molecule is CC(C)(C)OC(=O)N1CCC[C@@H](NC(=O)C(=O)N2CC3CC4CC3C2C4O)C1. The van der Waals surface area contributed by atoms with Crippen LogP contribution in [-0.4, -0.2) is 76.2 Å². The van der Waals surface area contributed by atoms with Crippen molar-refractivity contribution in [1.29, 1.82) is 0 Å². The molecule has 0 aromatic carbocycles. The summed E-state index contributed by atoms with van der Waals surface area (Å²) in [6.07, 6.45) is 2.50. The van der Waals surface area contributed by atoms with Crippen LogP contribution in [-0.2, 0) is 14.3 Å². The molecule has 2 aliphatic carbocycles. The van der Waals surface area contributed by atoms with Crippen molar-refractivity contribution < 1.29 is 24.2 Å². The molecule has 2 aliphatic heterocycles. The Bertz CT molecular complexity index is 673. The van der Waals surface area contributed by atoms with E-state index in [4.69, 9.17) is 4.74 Å². The highest BCUT2D eigenvalue weighted by molar-refractivity contribution is 6.35. The van der Waals surface area contributed by atoms with Gasteiger partial charge in [-0.1, -0.05) is 0 Å². The predicted octanol–water partition coefficient (Wildman–Crippen LogP) is 0.730. The lowest BCUT2D eigenvalue weighted by atomic mass is 9.88. The zero-order valence-corrected chi connectivity index (χ0v) is 16.9. The smallest absolute Gasteiger partial charge is 0.410 e. The second kappa shape index (κ2) is 6.90. The molecule has 0 aromatic rings. The van der Waals surface area contributed by atoms with Gasteiger partial charge in [-0.2, -0.15) is 0 Å². The number of likely N-dealkylation sites (tertiary alicyclic amines) is 2. The van der Waals surface area contributed by atoms with Crippen molar-refractivity contribution in [3.8, 4) is 0 Å². The van der Waals surface area contributed by atoms with E-state index in [9.17, 15) is 19.5 Å². The Labute approximate surface area is 165 Å². The summed E-state index contributed by atoms with van der Waals surface area (Å²) in [5.41, 5.74) is -0.571. The van der Waals surface area contributed by atoms with Crippen molar-refractivity contribution in [1.82, 2.24) is 15.1 Å². The van der Waals surface area contributed by atoms with E-state index in [1.807, 2.05) is 20.8 Å². The molecule has 6 atom stereocenters. The molecule has 0 spiro atoms. The lowest BCUT2D eigenvalue weighted by Crippen LogP contribution is -2.55. The molecule has 5 unspecified atom stereocenters. The normalized spacial score (nSPS) is 36.6. The molecule has 3 amide bonds. The van der Waals surface area contributed by atoms with Crippen LogP contribution in [0.2, 0.25) is 0 Å². The van der Waals surface area contributed by atoms with Gasteiger partial charge in [-0.3, -0.25) is 9.59 Å². The van der Waals surface area contributed by atoms with Crippen LogP contribution in [0.5, 0.6) is 0 Å². The third-order valence-corrected chi connectivity index (χ3v) is 6.71. The van der Waals surface area contributed by atoms with Gasteiger partial charge in [0, 0.05) is 25.7 Å². The van der Waals surface area contributed by atoms with Crippen LogP contribution < -0.4 is 5.32 Å². The molecule has 4 fully saturated rings. The fourth-order valence-corrected chi connectivity index (χ4v) is 5.61. The molecule has 156 valence electrons. The van der Waals surface area contributed by atoms with Gasteiger partial charge >= 0.3 is 17.9 Å². The number of fused-ring (bicyclic) bond motifs is 1. The second-order valence-corrected chi connectivity index (χ2v) is 9.83. The van der Waals surface area contributed by atoms with Gasteiger partial charge in [-0.25, -0.2) is 4.79 Å². The van der Waals surface area contributed by atoms with Gasteiger partial charge in [0.1, 0.15) is 5.60 Å². The van der Waals surface area contributed by atoms with E-state index in [0.29, 0.717) is 31.5 Å². The van der Waals surface area contributed by atoms with Gasteiger partial charge in [0.25, 0.3) is 0 Å². The molecule has 4 rings (SSSR count). The van der Waals surface area contributed by atoms with Gasteiger partial charge in [0.2, 0.25) is 0 Å². The van der Waals surface area contributed by atoms with E-state index in [-0.39, 0.29) is 18.0 Å². The number of rotatable bonds is 1. The summed E-state index contributed by atoms with van der Waals surface area (Å²) in [6, 6.07) is -0.468. The van der Waals surface area contributed by atoms with E-state index in [1.54, 1.807) is 9.80 Å². The number of amides is 3. The van der Waals surface area contributed by atoms with Crippen molar-refractivity contribution in [2.45, 2.75) is 70.2 Å². The number of aliphatic hydroxyl groups excluding tert-OH is 1. The van der Waals surface area contributed by atoms with Gasteiger partial charge < -0.3 is 25.0 Å². The highest BCUT2D eigenvalue weighted by Gasteiger charge is 2.60. The molecular weight excluding hydrogens is 362 g/mol. The van der Waals surface area contributed by atoms with Crippen LogP contribution in [0.3, 0.4) is 0 Å². The molecule has 4 aliphatic rings. The van der Waals surface area contributed by atoms with Crippen molar-refractivity contribution in [3.05, 3.63) is 0 Å². The van der Waals surface area contributed by atoms with E-state index >= 15 is 0 Å². The summed E-state index contributed by atoms with van der Waals surface area (Å²) in [7, 11) is 0. The third-order valence-electron chi connectivity index (χ3n) is 6.71. The van der Waals surface area contributed by atoms with Gasteiger partial charge in [0.05, 0.1) is 12.1 Å². The average Bonchev–Trinajstić information content (AvgIpc) is 3.22. The topological polar surface area (TPSA) is 99.2 Å². The van der Waals surface area contributed by atoms with Crippen LogP contribution in [0, 0.1) is 17.8 Å².